The quantitative estimate of drug-likeness (QED) is 0.821. The zero-order valence-electron chi connectivity index (χ0n) is 13.5. The fourth-order valence-electron chi connectivity index (χ4n) is 2.84. The Hall–Kier alpha value is -1.96. The monoisotopic (exact) mass is 369 g/mol. The van der Waals surface area contributed by atoms with Gasteiger partial charge in [-0.2, -0.15) is 13.2 Å². The van der Waals surface area contributed by atoms with Gasteiger partial charge in [0.1, 0.15) is 6.54 Å². The summed E-state index contributed by atoms with van der Waals surface area (Å²) in [5.41, 5.74) is 3.11. The van der Waals surface area contributed by atoms with E-state index in [1.807, 2.05) is 40.2 Å². The Labute approximate surface area is 147 Å². The number of imidazole rings is 1. The first-order valence-electron chi connectivity index (χ1n) is 8.06. The van der Waals surface area contributed by atoms with Crippen molar-refractivity contribution in [2.24, 2.45) is 0 Å². The Bertz CT molecular complexity index is 744. The molecule has 1 aliphatic carbocycles. The lowest BCUT2D eigenvalue weighted by Crippen LogP contribution is -2.34. The maximum Gasteiger partial charge on any atom is 0.405 e. The van der Waals surface area contributed by atoms with Crippen LogP contribution in [0.25, 0.3) is 5.69 Å². The fourth-order valence-corrected chi connectivity index (χ4v) is 3.72. The highest BCUT2D eigenvalue weighted by atomic mass is 32.2. The number of rotatable bonds is 5. The minimum Gasteiger partial charge on any atom is -0.346 e. The normalized spacial score (nSPS) is 14.2. The van der Waals surface area contributed by atoms with E-state index in [0.717, 1.165) is 42.8 Å². The number of nitrogens with zero attached hydrogens (tertiary/aromatic N) is 2. The topological polar surface area (TPSA) is 46.9 Å². The molecule has 0 saturated carbocycles. The summed E-state index contributed by atoms with van der Waals surface area (Å²) in [6, 6.07) is 9.70. The molecule has 1 aromatic heterocycles. The highest BCUT2D eigenvalue weighted by Crippen LogP contribution is 2.30. The molecule has 0 saturated heterocycles. The molecule has 1 N–H and O–H groups in total. The van der Waals surface area contributed by atoms with Crippen molar-refractivity contribution in [2.75, 3.05) is 12.3 Å². The van der Waals surface area contributed by atoms with Crippen molar-refractivity contribution in [3.05, 3.63) is 41.7 Å². The molecule has 0 fully saturated rings. The van der Waals surface area contributed by atoms with Crippen LogP contribution in [0.4, 0.5) is 13.2 Å². The molecule has 2 aromatic rings. The molecule has 1 heterocycles. The summed E-state index contributed by atoms with van der Waals surface area (Å²) < 4.78 is 38.6. The van der Waals surface area contributed by atoms with Gasteiger partial charge in [-0.05, 0) is 37.8 Å². The van der Waals surface area contributed by atoms with Crippen LogP contribution in [0.5, 0.6) is 0 Å². The number of fused-ring (bicyclic) bond motifs is 1. The summed E-state index contributed by atoms with van der Waals surface area (Å²) in [6.45, 7) is -1.31. The summed E-state index contributed by atoms with van der Waals surface area (Å²) in [7, 11) is 0. The van der Waals surface area contributed by atoms with Gasteiger partial charge in [-0.3, -0.25) is 9.36 Å². The van der Waals surface area contributed by atoms with Crippen molar-refractivity contribution in [3.63, 3.8) is 0 Å². The minimum absolute atomic E-state index is 0.0984. The molecule has 134 valence electrons. The SMILES string of the molecule is O=C(CSc1nc2c(n1-c1ccccc1)CCCC2)NCC(F)(F)F. The summed E-state index contributed by atoms with van der Waals surface area (Å²) in [5.74, 6) is -0.748. The van der Waals surface area contributed by atoms with Crippen LogP contribution in [-0.2, 0) is 17.6 Å². The van der Waals surface area contributed by atoms with Crippen molar-refractivity contribution < 1.29 is 18.0 Å². The van der Waals surface area contributed by atoms with E-state index in [-0.39, 0.29) is 5.75 Å². The Morgan fingerprint density at radius 2 is 1.92 bits per heavy atom. The van der Waals surface area contributed by atoms with Crippen molar-refractivity contribution >= 4 is 17.7 Å². The number of hydrogen-bond donors (Lipinski definition) is 1. The maximum atomic E-state index is 12.2. The van der Waals surface area contributed by atoms with E-state index in [2.05, 4.69) is 4.98 Å². The van der Waals surface area contributed by atoms with Crippen LogP contribution in [0, 0.1) is 0 Å². The number of thioether (sulfide) groups is 1. The van der Waals surface area contributed by atoms with Crippen LogP contribution in [-0.4, -0.2) is 33.9 Å². The second kappa shape index (κ2) is 7.51. The molecular weight excluding hydrogens is 351 g/mol. The third-order valence-electron chi connectivity index (χ3n) is 3.93. The molecular formula is C17H18F3N3OS. The largest absolute Gasteiger partial charge is 0.405 e. The van der Waals surface area contributed by atoms with Gasteiger partial charge in [0.15, 0.2) is 5.16 Å². The molecule has 0 bridgehead atoms. The molecule has 1 amide bonds. The van der Waals surface area contributed by atoms with Crippen molar-refractivity contribution in [2.45, 2.75) is 37.0 Å². The number of aryl methyl sites for hydroxylation is 1. The van der Waals surface area contributed by atoms with Gasteiger partial charge in [-0.25, -0.2) is 4.98 Å². The third-order valence-corrected chi connectivity index (χ3v) is 4.87. The molecule has 0 radical (unpaired) electrons. The van der Waals surface area contributed by atoms with Gasteiger partial charge in [0.25, 0.3) is 0 Å². The highest BCUT2D eigenvalue weighted by Gasteiger charge is 2.28. The van der Waals surface area contributed by atoms with Crippen LogP contribution < -0.4 is 5.32 Å². The number of nitrogens with one attached hydrogen (secondary N) is 1. The van der Waals surface area contributed by atoms with Gasteiger partial charge >= 0.3 is 6.18 Å². The number of halogens is 3. The molecule has 1 aromatic carbocycles. The lowest BCUT2D eigenvalue weighted by molar-refractivity contribution is -0.136. The van der Waals surface area contributed by atoms with E-state index < -0.39 is 18.6 Å². The van der Waals surface area contributed by atoms with Gasteiger partial charge in [0, 0.05) is 11.4 Å². The van der Waals surface area contributed by atoms with E-state index >= 15 is 0 Å². The van der Waals surface area contributed by atoms with Gasteiger partial charge in [0.05, 0.1) is 11.4 Å². The molecule has 3 rings (SSSR count). The number of para-hydroxylation sites is 1. The number of benzene rings is 1. The molecule has 0 spiro atoms. The fraction of sp³-hybridized carbons (Fsp3) is 0.412. The predicted molar refractivity (Wildman–Crippen MR) is 90.0 cm³/mol. The van der Waals surface area contributed by atoms with Crippen LogP contribution in [0.15, 0.2) is 35.5 Å². The number of hydrogen-bond acceptors (Lipinski definition) is 3. The molecule has 0 aliphatic heterocycles. The van der Waals surface area contributed by atoms with E-state index in [0.29, 0.717) is 5.16 Å². The van der Waals surface area contributed by atoms with Gasteiger partial charge < -0.3 is 5.32 Å². The Morgan fingerprint density at radius 1 is 1.20 bits per heavy atom. The van der Waals surface area contributed by atoms with E-state index in [1.54, 1.807) is 0 Å². The number of aromatic nitrogens is 2. The summed E-state index contributed by atoms with van der Waals surface area (Å²) in [6.07, 6.45) is -0.431. The van der Waals surface area contributed by atoms with Crippen molar-refractivity contribution in [3.8, 4) is 5.69 Å². The van der Waals surface area contributed by atoms with E-state index in [1.165, 1.54) is 11.8 Å². The van der Waals surface area contributed by atoms with Crippen LogP contribution in [0.1, 0.15) is 24.2 Å². The molecule has 1 aliphatic rings. The zero-order valence-corrected chi connectivity index (χ0v) is 14.3. The summed E-state index contributed by atoms with van der Waals surface area (Å²) >= 11 is 1.17. The smallest absolute Gasteiger partial charge is 0.346 e. The van der Waals surface area contributed by atoms with Crippen molar-refractivity contribution in [1.29, 1.82) is 0 Å². The second-order valence-corrected chi connectivity index (χ2v) is 6.79. The third kappa shape index (κ3) is 4.56. The number of carbonyl (C=O) groups excluding carboxylic acids is 1. The molecule has 4 nitrogen and oxygen atoms in total. The van der Waals surface area contributed by atoms with Crippen LogP contribution >= 0.6 is 11.8 Å². The molecule has 0 atom stereocenters. The Kier molecular flexibility index (Phi) is 5.36. The van der Waals surface area contributed by atoms with Crippen molar-refractivity contribution in [1.82, 2.24) is 14.9 Å². The first kappa shape index (κ1) is 17.8. The first-order valence-corrected chi connectivity index (χ1v) is 9.05. The summed E-state index contributed by atoms with van der Waals surface area (Å²) in [5, 5.41) is 2.55. The van der Waals surface area contributed by atoms with Crippen LogP contribution in [0.2, 0.25) is 0 Å². The Morgan fingerprint density at radius 3 is 2.64 bits per heavy atom. The highest BCUT2D eigenvalue weighted by molar-refractivity contribution is 7.99. The zero-order chi connectivity index (χ0) is 17.9. The maximum absolute atomic E-state index is 12.2. The standard InChI is InChI=1S/C17H18F3N3OS/c18-17(19,20)11-21-15(24)10-25-16-22-13-8-4-5-9-14(13)23(16)12-6-2-1-3-7-12/h1-3,6-7H,4-5,8-11H2,(H,21,24). The number of amides is 1. The van der Waals surface area contributed by atoms with Crippen LogP contribution in [0.3, 0.4) is 0 Å². The molecule has 8 heteroatoms. The van der Waals surface area contributed by atoms with Gasteiger partial charge in [-0.1, -0.05) is 30.0 Å². The molecule has 25 heavy (non-hydrogen) atoms. The number of carbonyl (C=O) groups is 1. The van der Waals surface area contributed by atoms with E-state index in [4.69, 9.17) is 0 Å². The second-order valence-electron chi connectivity index (χ2n) is 5.85. The summed E-state index contributed by atoms with van der Waals surface area (Å²) in [4.78, 5) is 16.3. The average Bonchev–Trinajstić information content (AvgIpc) is 2.96. The minimum atomic E-state index is -4.40. The predicted octanol–water partition coefficient (Wildman–Crippen LogP) is 3.52. The lowest BCUT2D eigenvalue weighted by atomic mass is 10.0. The lowest BCUT2D eigenvalue weighted by Gasteiger charge is -2.15. The van der Waals surface area contributed by atoms with Gasteiger partial charge in [0.2, 0.25) is 5.91 Å². The first-order chi connectivity index (χ1) is 11.9. The van der Waals surface area contributed by atoms with Gasteiger partial charge in [-0.15, -0.1) is 0 Å². The molecule has 0 unspecified atom stereocenters. The Balaban J connectivity index is 1.77. The number of alkyl halides is 3. The average molecular weight is 369 g/mol. The van der Waals surface area contributed by atoms with E-state index in [9.17, 15) is 18.0 Å².